The number of hydrogen-bond acceptors (Lipinski definition) is 4. The molecule has 4 nitrogen and oxygen atoms in total. The Morgan fingerprint density at radius 3 is 0.955 bits per heavy atom. The van der Waals surface area contributed by atoms with Gasteiger partial charge in [0.25, 0.3) is 0 Å². The van der Waals surface area contributed by atoms with Gasteiger partial charge in [0.15, 0.2) is 0 Å². The molecule has 0 atom stereocenters. The second kappa shape index (κ2) is 22.6. The number of benzene rings is 8. The largest absolute Gasteiger partial charge is 0.376 e. The molecule has 0 fully saturated rings. The van der Waals surface area contributed by atoms with Gasteiger partial charge in [0.05, 0.1) is 26.4 Å². The minimum Gasteiger partial charge on any atom is -0.376 e. The first-order chi connectivity index (χ1) is 32.4. The molecule has 8 rings (SSSR count). The summed E-state index contributed by atoms with van der Waals surface area (Å²) in [5, 5.41) is 0. The highest BCUT2D eigenvalue weighted by Gasteiger charge is 2.15. The smallest absolute Gasteiger partial charge is 0.0717 e. The van der Waals surface area contributed by atoms with Crippen molar-refractivity contribution in [2.75, 3.05) is 23.0 Å². The minimum atomic E-state index is 0.606. The van der Waals surface area contributed by atoms with Crippen molar-refractivity contribution in [1.29, 1.82) is 0 Å². The monoisotopic (exact) mass is 864 g/mol. The van der Waals surface area contributed by atoms with Gasteiger partial charge in [-0.3, -0.25) is 0 Å². The molecule has 0 amide bonds. The molecule has 8 aromatic rings. The highest BCUT2D eigenvalue weighted by atomic mass is 16.5. The van der Waals surface area contributed by atoms with Gasteiger partial charge in [-0.1, -0.05) is 147 Å². The molecule has 0 heterocycles. The van der Waals surface area contributed by atoms with Crippen molar-refractivity contribution >= 4 is 46.3 Å². The Kier molecular flexibility index (Phi) is 15.5. The average Bonchev–Trinajstić information content (AvgIpc) is 3.36. The van der Waals surface area contributed by atoms with Crippen molar-refractivity contribution in [2.45, 2.75) is 52.7 Å². The van der Waals surface area contributed by atoms with Crippen LogP contribution in [0.4, 0.5) is 34.1 Å². The van der Waals surface area contributed by atoms with E-state index in [2.05, 4.69) is 231 Å². The van der Waals surface area contributed by atoms with E-state index in [0.717, 1.165) is 70.9 Å². The summed E-state index contributed by atoms with van der Waals surface area (Å²) in [4.78, 5) is 4.69. The van der Waals surface area contributed by atoms with Crippen LogP contribution in [0.1, 0.15) is 55.6 Å². The van der Waals surface area contributed by atoms with Gasteiger partial charge in [-0.15, -0.1) is 0 Å². The summed E-state index contributed by atoms with van der Waals surface area (Å²) in [6, 6.07) is 70.1. The summed E-state index contributed by atoms with van der Waals surface area (Å²) in [6.45, 7) is 14.5. The predicted octanol–water partition coefficient (Wildman–Crippen LogP) is 15.8. The molecule has 66 heavy (non-hydrogen) atoms. The highest BCUT2D eigenvalue weighted by Crippen LogP contribution is 2.37. The summed E-state index contributed by atoms with van der Waals surface area (Å²) in [5.41, 5.74) is 19.0. The lowest BCUT2D eigenvalue weighted by Crippen LogP contribution is -2.10. The van der Waals surface area contributed by atoms with E-state index >= 15 is 0 Å². The van der Waals surface area contributed by atoms with Crippen LogP contribution in [0.15, 0.2) is 207 Å². The summed E-state index contributed by atoms with van der Waals surface area (Å²) in [7, 11) is 0. The lowest BCUT2D eigenvalue weighted by atomic mass is 10.0. The fraction of sp³-hybridized carbons (Fsp3) is 0.161. The quantitative estimate of drug-likeness (QED) is 0.0672. The summed E-state index contributed by atoms with van der Waals surface area (Å²) >= 11 is 0. The maximum atomic E-state index is 6.02. The number of ether oxygens (including phenoxy) is 2. The van der Waals surface area contributed by atoms with E-state index in [1.165, 1.54) is 44.5 Å². The molecule has 0 saturated heterocycles. The molecule has 0 N–H and O–H groups in total. The van der Waals surface area contributed by atoms with Gasteiger partial charge < -0.3 is 19.3 Å². The molecule has 4 heteroatoms. The topological polar surface area (TPSA) is 24.9 Å². The molecular weight excluding hydrogens is 805 g/mol. The normalized spacial score (nSPS) is 11.0. The third-order valence-corrected chi connectivity index (χ3v) is 12.0. The van der Waals surface area contributed by atoms with Crippen LogP contribution in [0, 0.1) is 13.8 Å². The molecule has 0 aromatic heterocycles. The first-order valence-electron chi connectivity index (χ1n) is 23.1. The second-order valence-corrected chi connectivity index (χ2v) is 17.0. The molecule has 330 valence electrons. The lowest BCUT2D eigenvalue weighted by molar-refractivity contribution is 0.124. The van der Waals surface area contributed by atoms with Crippen LogP contribution < -0.4 is 9.80 Å². The Morgan fingerprint density at radius 2 is 0.652 bits per heavy atom. The van der Waals surface area contributed by atoms with Gasteiger partial charge in [0.2, 0.25) is 0 Å². The Hall–Kier alpha value is -7.24. The minimum absolute atomic E-state index is 0.606. The zero-order valence-corrected chi connectivity index (χ0v) is 38.4. The van der Waals surface area contributed by atoms with Gasteiger partial charge in [-0.2, -0.15) is 0 Å². The third kappa shape index (κ3) is 12.3. The summed E-state index contributed by atoms with van der Waals surface area (Å²) in [5.74, 6) is 0. The molecule has 8 aromatic carbocycles. The van der Waals surface area contributed by atoms with Crippen molar-refractivity contribution in [3.05, 3.63) is 263 Å². The zero-order chi connectivity index (χ0) is 45.5. The first kappa shape index (κ1) is 45.3. The molecule has 0 aliphatic carbocycles. The van der Waals surface area contributed by atoms with Gasteiger partial charge in [0.1, 0.15) is 0 Å². The van der Waals surface area contributed by atoms with E-state index in [4.69, 9.17) is 9.47 Å². The van der Waals surface area contributed by atoms with E-state index in [1.54, 1.807) is 0 Å². The molecule has 0 aliphatic rings. The zero-order valence-electron chi connectivity index (χ0n) is 38.4. The number of aryl methyl sites for hydroxylation is 4. The Bertz CT molecular complexity index is 2580. The van der Waals surface area contributed by atoms with Crippen LogP contribution in [0.25, 0.3) is 12.2 Å². The number of nitrogens with zero attached hydrogens (tertiary/aromatic N) is 2. The van der Waals surface area contributed by atoms with E-state index in [-0.39, 0.29) is 0 Å². The van der Waals surface area contributed by atoms with Gasteiger partial charge >= 0.3 is 0 Å². The maximum absolute atomic E-state index is 6.02. The second-order valence-electron chi connectivity index (χ2n) is 17.0. The number of anilines is 6. The lowest BCUT2D eigenvalue weighted by Gasteiger charge is -2.26. The third-order valence-electron chi connectivity index (χ3n) is 12.0. The van der Waals surface area contributed by atoms with Crippen LogP contribution in [-0.4, -0.2) is 13.2 Å². The van der Waals surface area contributed by atoms with Crippen LogP contribution >= 0.6 is 0 Å². The van der Waals surface area contributed by atoms with Crippen LogP contribution in [0.2, 0.25) is 0 Å². The summed E-state index contributed by atoms with van der Waals surface area (Å²) in [6.07, 6.45) is 7.34. The summed E-state index contributed by atoms with van der Waals surface area (Å²) < 4.78 is 12.0. The fourth-order valence-electron chi connectivity index (χ4n) is 8.22. The van der Waals surface area contributed by atoms with Gasteiger partial charge in [-0.25, -0.2) is 0 Å². The molecule has 0 bridgehead atoms. The standard InChI is InChI=1S/C62H60N2O2/c1-5-49-13-19-55(20-14-49)45-65-41-39-53-27-35-59(36-28-53)63(61-11-7-9-47(3)43-61)57-31-23-51(24-32-57)17-18-52-25-33-58(34-26-52)64(62-12-8-10-48(4)44-62)60-37-29-54(30-38-60)40-42-66-46-56-21-15-50(6-2)16-22-56/h5-16,19-38,43-44H,1-2,17-18,39-42,45-46H2,3-4H3. The SMILES string of the molecule is C=Cc1ccc(COCCc2ccc(N(c3ccc(CCc4ccc(N(c5ccc(CCOCc6ccc(C=C)cc6)cc5)c5cccc(C)c5)cc4)cc3)c3cccc(C)c3)cc2)cc1. The molecule has 0 radical (unpaired) electrons. The Labute approximate surface area is 392 Å². The average molecular weight is 865 g/mol. The fourth-order valence-corrected chi connectivity index (χ4v) is 8.22. The van der Waals surface area contributed by atoms with Crippen molar-refractivity contribution in [3.8, 4) is 0 Å². The van der Waals surface area contributed by atoms with Crippen molar-refractivity contribution in [2.24, 2.45) is 0 Å². The van der Waals surface area contributed by atoms with E-state index in [9.17, 15) is 0 Å². The van der Waals surface area contributed by atoms with E-state index in [0.29, 0.717) is 26.4 Å². The van der Waals surface area contributed by atoms with Crippen LogP contribution in [0.3, 0.4) is 0 Å². The number of hydrogen-bond donors (Lipinski definition) is 0. The molecule has 0 unspecified atom stereocenters. The van der Waals surface area contributed by atoms with Crippen molar-refractivity contribution < 1.29 is 9.47 Å². The molecule has 0 spiro atoms. The number of rotatable bonds is 21. The van der Waals surface area contributed by atoms with Gasteiger partial charge in [0, 0.05) is 34.1 Å². The Balaban J connectivity index is 0.891. The molecular formula is C62H60N2O2. The van der Waals surface area contributed by atoms with Crippen molar-refractivity contribution in [1.82, 2.24) is 0 Å². The Morgan fingerprint density at radius 1 is 0.348 bits per heavy atom. The molecule has 0 aliphatic heterocycles. The van der Waals surface area contributed by atoms with Gasteiger partial charge in [-0.05, 0) is 168 Å². The highest BCUT2D eigenvalue weighted by molar-refractivity contribution is 5.78. The predicted molar refractivity (Wildman–Crippen MR) is 279 cm³/mol. The van der Waals surface area contributed by atoms with E-state index < -0.39 is 0 Å². The van der Waals surface area contributed by atoms with Crippen LogP contribution in [0.5, 0.6) is 0 Å². The first-order valence-corrected chi connectivity index (χ1v) is 23.1. The van der Waals surface area contributed by atoms with Crippen LogP contribution in [-0.2, 0) is 48.4 Å². The molecule has 0 saturated carbocycles. The van der Waals surface area contributed by atoms with E-state index in [1.807, 2.05) is 12.2 Å². The maximum Gasteiger partial charge on any atom is 0.0717 e. The van der Waals surface area contributed by atoms with Crippen molar-refractivity contribution in [3.63, 3.8) is 0 Å².